The van der Waals surface area contributed by atoms with E-state index < -0.39 is 22.2 Å². The van der Waals surface area contributed by atoms with Crippen LogP contribution in [-0.2, 0) is 16.4 Å². The number of hydrogen-bond acceptors (Lipinski definition) is 6. The molecule has 0 fully saturated rings. The first-order valence-electron chi connectivity index (χ1n) is 10.7. The molecule has 0 aliphatic rings. The minimum atomic E-state index is -3.83. The molecule has 0 aromatic heterocycles. The van der Waals surface area contributed by atoms with Gasteiger partial charge >= 0.3 is 0 Å². The molecule has 3 N–H and O–H groups in total. The van der Waals surface area contributed by atoms with E-state index in [-0.39, 0.29) is 10.3 Å². The number of rotatable bonds is 13. The van der Waals surface area contributed by atoms with Gasteiger partial charge in [-0.3, -0.25) is 0 Å². The van der Waals surface area contributed by atoms with Crippen molar-refractivity contribution in [3.05, 3.63) is 60.2 Å². The lowest BCUT2D eigenvalue weighted by Gasteiger charge is -2.29. The van der Waals surface area contributed by atoms with Gasteiger partial charge in [0.2, 0.25) is 0 Å². The van der Waals surface area contributed by atoms with Gasteiger partial charge in [0.25, 0.3) is 10.0 Å². The van der Waals surface area contributed by atoms with Crippen molar-refractivity contribution < 1.29 is 18.3 Å². The Morgan fingerprint density at radius 1 is 1.09 bits per heavy atom. The summed E-state index contributed by atoms with van der Waals surface area (Å²) in [5, 5.41) is 19.8. The van der Waals surface area contributed by atoms with Crippen molar-refractivity contribution in [3.63, 3.8) is 0 Å². The largest absolute Gasteiger partial charge is 0.497 e. The highest BCUT2D eigenvalue weighted by Crippen LogP contribution is 2.29. The fourth-order valence-corrected chi connectivity index (χ4v) is 4.30. The number of aliphatic hydroxyl groups excluding tert-OH is 1. The lowest BCUT2D eigenvalue weighted by molar-refractivity contribution is 0.0978. The minimum Gasteiger partial charge on any atom is -0.497 e. The van der Waals surface area contributed by atoms with Crippen LogP contribution in [0.15, 0.2) is 59.5 Å². The predicted octanol–water partition coefficient (Wildman–Crippen LogP) is 3.56. The van der Waals surface area contributed by atoms with Gasteiger partial charge in [-0.15, -0.1) is 4.83 Å². The highest BCUT2D eigenvalue weighted by Gasteiger charge is 2.26. The van der Waals surface area contributed by atoms with Gasteiger partial charge in [-0.25, -0.2) is 13.8 Å². The summed E-state index contributed by atoms with van der Waals surface area (Å²) in [5.41, 5.74) is 3.74. The van der Waals surface area contributed by atoms with Crippen molar-refractivity contribution in [1.29, 1.82) is 5.26 Å². The van der Waals surface area contributed by atoms with E-state index in [1.807, 2.05) is 30.3 Å². The fourth-order valence-electron chi connectivity index (χ4n) is 3.38. The number of hydrazine groups is 1. The van der Waals surface area contributed by atoms with Crippen molar-refractivity contribution in [2.24, 2.45) is 5.41 Å². The van der Waals surface area contributed by atoms with Crippen LogP contribution in [-0.4, -0.2) is 32.8 Å². The van der Waals surface area contributed by atoms with Crippen LogP contribution >= 0.6 is 0 Å². The van der Waals surface area contributed by atoms with E-state index in [0.29, 0.717) is 31.4 Å². The van der Waals surface area contributed by atoms with Gasteiger partial charge in [0.15, 0.2) is 0 Å². The quantitative estimate of drug-likeness (QED) is 0.395. The number of hydrogen-bond donors (Lipinski definition) is 3. The molecule has 2 aromatic rings. The molecule has 0 saturated carbocycles. The molecule has 7 nitrogen and oxygen atoms in total. The zero-order valence-corrected chi connectivity index (χ0v) is 19.7. The van der Waals surface area contributed by atoms with E-state index in [1.54, 1.807) is 12.1 Å². The van der Waals surface area contributed by atoms with E-state index in [9.17, 15) is 13.5 Å². The van der Waals surface area contributed by atoms with Crippen LogP contribution in [0.4, 0.5) is 0 Å². The Labute approximate surface area is 191 Å². The molecule has 2 rings (SSSR count). The van der Waals surface area contributed by atoms with E-state index in [0.717, 1.165) is 12.0 Å². The number of nitrogens with zero attached hydrogens (tertiary/aromatic N) is 1. The number of benzene rings is 2. The standard InChI is InChI=1S/C24H33N3O4S/c1-24(2,15-7-17-25)16-14-23(28)22(18-19-8-5-4-6-9-19)26-27-32(29,30)21-12-10-20(31-3)11-13-21/h4-6,8-13,22-23,26-28H,7,14-16,18H2,1-3H3/t22-,23+/m0/s1. The summed E-state index contributed by atoms with van der Waals surface area (Å²) in [6.45, 7) is 4.14. The highest BCUT2D eigenvalue weighted by molar-refractivity contribution is 7.89. The Morgan fingerprint density at radius 3 is 2.34 bits per heavy atom. The van der Waals surface area contributed by atoms with Gasteiger partial charge in [-0.1, -0.05) is 44.2 Å². The summed E-state index contributed by atoms with van der Waals surface area (Å²) in [6.07, 6.45) is 2.08. The molecule has 0 radical (unpaired) electrons. The summed E-state index contributed by atoms with van der Waals surface area (Å²) >= 11 is 0. The number of methoxy groups -OCH3 is 1. The van der Waals surface area contributed by atoms with E-state index in [1.165, 1.54) is 19.2 Å². The van der Waals surface area contributed by atoms with Crippen LogP contribution in [0.2, 0.25) is 0 Å². The molecule has 174 valence electrons. The van der Waals surface area contributed by atoms with Crippen LogP contribution in [0, 0.1) is 16.7 Å². The van der Waals surface area contributed by atoms with Crippen LogP contribution in [0.1, 0.15) is 45.1 Å². The Kier molecular flexibility index (Phi) is 9.66. The van der Waals surface area contributed by atoms with Gasteiger partial charge in [0.1, 0.15) is 5.75 Å². The summed E-state index contributed by atoms with van der Waals surface area (Å²) in [6, 6.07) is 17.3. The Hall–Kier alpha value is -2.44. The third-order valence-corrected chi connectivity index (χ3v) is 6.82. The van der Waals surface area contributed by atoms with Gasteiger partial charge in [-0.05, 0) is 60.9 Å². The molecule has 0 aliphatic heterocycles. The minimum absolute atomic E-state index is 0.0867. The molecular formula is C24H33N3O4S. The van der Waals surface area contributed by atoms with Crippen LogP contribution in [0.5, 0.6) is 5.75 Å². The van der Waals surface area contributed by atoms with Crippen molar-refractivity contribution in [2.75, 3.05) is 7.11 Å². The molecule has 0 amide bonds. The van der Waals surface area contributed by atoms with Crippen molar-refractivity contribution in [2.45, 2.75) is 63.0 Å². The average Bonchev–Trinajstić information content (AvgIpc) is 2.79. The van der Waals surface area contributed by atoms with Crippen molar-refractivity contribution in [3.8, 4) is 11.8 Å². The molecule has 0 bridgehead atoms. The number of aliphatic hydroxyl groups is 1. The van der Waals surface area contributed by atoms with Gasteiger partial charge in [0, 0.05) is 6.42 Å². The van der Waals surface area contributed by atoms with E-state index in [4.69, 9.17) is 10.00 Å². The molecule has 0 saturated heterocycles. The van der Waals surface area contributed by atoms with Gasteiger partial charge in [-0.2, -0.15) is 5.26 Å². The monoisotopic (exact) mass is 459 g/mol. The molecule has 0 spiro atoms. The fraction of sp³-hybridized carbons (Fsp3) is 0.458. The Balaban J connectivity index is 2.09. The third-order valence-electron chi connectivity index (χ3n) is 5.54. The smallest absolute Gasteiger partial charge is 0.253 e. The van der Waals surface area contributed by atoms with E-state index in [2.05, 4.69) is 30.2 Å². The van der Waals surface area contributed by atoms with Crippen molar-refractivity contribution >= 4 is 10.0 Å². The number of ether oxygens (including phenoxy) is 1. The second-order valence-corrected chi connectivity index (χ2v) is 10.3. The molecule has 0 unspecified atom stereocenters. The number of nitrogens with one attached hydrogen (secondary N) is 2. The van der Waals surface area contributed by atoms with Crippen LogP contribution in [0.3, 0.4) is 0 Å². The first-order valence-corrected chi connectivity index (χ1v) is 12.2. The number of sulfonamides is 1. The second kappa shape index (κ2) is 12.0. The molecule has 0 heterocycles. The van der Waals surface area contributed by atoms with Crippen LogP contribution in [0.25, 0.3) is 0 Å². The zero-order chi connectivity index (χ0) is 23.6. The normalized spacial score (nSPS) is 13.8. The summed E-state index contributed by atoms with van der Waals surface area (Å²) in [4.78, 5) is 2.52. The Morgan fingerprint density at radius 2 is 1.75 bits per heavy atom. The lowest BCUT2D eigenvalue weighted by atomic mass is 9.81. The first kappa shape index (κ1) is 25.8. The molecular weight excluding hydrogens is 426 g/mol. The maximum Gasteiger partial charge on any atom is 0.253 e. The number of nitriles is 1. The first-order chi connectivity index (χ1) is 15.2. The maximum atomic E-state index is 12.7. The highest BCUT2D eigenvalue weighted by atomic mass is 32.2. The molecule has 32 heavy (non-hydrogen) atoms. The molecule has 2 atom stereocenters. The summed E-state index contributed by atoms with van der Waals surface area (Å²) < 4.78 is 30.5. The average molecular weight is 460 g/mol. The predicted molar refractivity (Wildman–Crippen MR) is 124 cm³/mol. The van der Waals surface area contributed by atoms with E-state index >= 15 is 0 Å². The third kappa shape index (κ3) is 8.24. The van der Waals surface area contributed by atoms with Gasteiger partial charge in [0.05, 0.1) is 30.2 Å². The molecule has 8 heteroatoms. The summed E-state index contributed by atoms with van der Waals surface area (Å²) in [7, 11) is -2.31. The summed E-state index contributed by atoms with van der Waals surface area (Å²) in [5.74, 6) is 0.563. The molecule has 2 aromatic carbocycles. The zero-order valence-electron chi connectivity index (χ0n) is 18.9. The van der Waals surface area contributed by atoms with Crippen LogP contribution < -0.4 is 15.0 Å². The molecule has 0 aliphatic carbocycles. The van der Waals surface area contributed by atoms with Gasteiger partial charge < -0.3 is 9.84 Å². The lowest BCUT2D eigenvalue weighted by Crippen LogP contribution is -2.51. The Bertz CT molecular complexity index is 971. The topological polar surface area (TPSA) is 111 Å². The van der Waals surface area contributed by atoms with Crippen molar-refractivity contribution in [1.82, 2.24) is 10.3 Å². The SMILES string of the molecule is COc1ccc(S(=O)(=O)NN[C@@H](Cc2ccccc2)[C@H](O)CCC(C)(C)CCC#N)cc1. The second-order valence-electron chi connectivity index (χ2n) is 8.65. The maximum absolute atomic E-state index is 12.7.